The van der Waals surface area contributed by atoms with Gasteiger partial charge >= 0.3 is 0 Å². The highest BCUT2D eigenvalue weighted by Gasteiger charge is 2.22. The van der Waals surface area contributed by atoms with Gasteiger partial charge in [-0.05, 0) is 19.8 Å². The van der Waals surface area contributed by atoms with Crippen LogP contribution < -0.4 is 5.32 Å². The molecule has 0 radical (unpaired) electrons. The van der Waals surface area contributed by atoms with Crippen LogP contribution in [0.4, 0.5) is 0 Å². The van der Waals surface area contributed by atoms with Gasteiger partial charge in [-0.1, -0.05) is 23.1 Å². The molecule has 2 heterocycles. The van der Waals surface area contributed by atoms with Crippen molar-refractivity contribution in [1.82, 2.24) is 15.5 Å². The molecule has 1 saturated heterocycles. The molecule has 1 aliphatic heterocycles. The van der Waals surface area contributed by atoms with Crippen molar-refractivity contribution in [3.8, 4) is 0 Å². The van der Waals surface area contributed by atoms with Gasteiger partial charge < -0.3 is 10.1 Å². The van der Waals surface area contributed by atoms with Crippen molar-refractivity contribution in [3.63, 3.8) is 0 Å². The minimum Gasteiger partial charge on any atom is -0.368 e. The summed E-state index contributed by atoms with van der Waals surface area (Å²) in [7, 11) is 0. The van der Waals surface area contributed by atoms with Crippen molar-refractivity contribution in [2.24, 2.45) is 0 Å². The lowest BCUT2D eigenvalue weighted by Gasteiger charge is -2.09. The summed E-state index contributed by atoms with van der Waals surface area (Å²) in [5.41, 5.74) is 0. The van der Waals surface area contributed by atoms with E-state index < -0.39 is 0 Å². The summed E-state index contributed by atoms with van der Waals surface area (Å²) in [6, 6.07) is 0. The van der Waals surface area contributed by atoms with E-state index in [-0.39, 0.29) is 12.0 Å². The van der Waals surface area contributed by atoms with Crippen molar-refractivity contribution < 1.29 is 9.53 Å². The predicted molar refractivity (Wildman–Crippen MR) is 67.4 cm³/mol. The molecular formula is C10H15N3O2S2. The van der Waals surface area contributed by atoms with E-state index in [1.165, 1.54) is 0 Å². The van der Waals surface area contributed by atoms with Gasteiger partial charge in [-0.15, -0.1) is 10.2 Å². The van der Waals surface area contributed by atoms with Crippen molar-refractivity contribution >= 4 is 29.0 Å². The number of nitrogens with one attached hydrogen (secondary N) is 1. The Morgan fingerprint density at radius 2 is 2.53 bits per heavy atom. The van der Waals surface area contributed by atoms with Crippen LogP contribution in [-0.4, -0.2) is 41.1 Å². The minimum absolute atomic E-state index is 0.0107. The Labute approximate surface area is 108 Å². The van der Waals surface area contributed by atoms with Crippen LogP contribution in [-0.2, 0) is 9.53 Å². The van der Waals surface area contributed by atoms with Crippen LogP contribution >= 0.6 is 23.1 Å². The lowest BCUT2D eigenvalue weighted by Crippen LogP contribution is -2.35. The Hall–Kier alpha value is -0.660. The number of hydrogen-bond acceptors (Lipinski definition) is 6. The number of amides is 1. The molecule has 1 aliphatic rings. The van der Waals surface area contributed by atoms with E-state index in [2.05, 4.69) is 15.5 Å². The van der Waals surface area contributed by atoms with Gasteiger partial charge in [0.2, 0.25) is 5.91 Å². The Bertz CT molecular complexity index is 377. The second kappa shape index (κ2) is 6.32. The van der Waals surface area contributed by atoms with Gasteiger partial charge in [0.1, 0.15) is 11.1 Å². The number of rotatable bonds is 5. The molecule has 1 N–H and O–H groups in total. The van der Waals surface area contributed by atoms with Gasteiger partial charge in [-0.25, -0.2) is 0 Å². The Balaban J connectivity index is 1.61. The second-order valence-corrected chi connectivity index (χ2v) is 6.25. The summed E-state index contributed by atoms with van der Waals surface area (Å²) in [5, 5.41) is 11.8. The Morgan fingerprint density at radius 1 is 1.65 bits per heavy atom. The molecule has 1 aromatic rings. The number of hydrogen-bond donors (Lipinski definition) is 1. The maximum Gasteiger partial charge on any atom is 0.249 e. The summed E-state index contributed by atoms with van der Waals surface area (Å²) < 4.78 is 6.25. The molecule has 0 bridgehead atoms. The average Bonchev–Trinajstić information content (AvgIpc) is 2.95. The monoisotopic (exact) mass is 273 g/mol. The molecule has 1 aromatic heterocycles. The third kappa shape index (κ3) is 3.93. The zero-order valence-corrected chi connectivity index (χ0v) is 11.3. The molecule has 1 atom stereocenters. The number of carbonyl (C=O) groups excluding carboxylic acids is 1. The standard InChI is InChI=1S/C10H15N3O2S2/c1-7-12-13-10(17-7)16-6-4-11-9(14)8-3-2-5-15-8/h8H,2-6H2,1H3,(H,11,14)/t8-/m1/s1. The predicted octanol–water partition coefficient (Wildman–Crippen LogP) is 1.23. The van der Waals surface area contributed by atoms with Crippen molar-refractivity contribution in [2.75, 3.05) is 18.9 Å². The highest BCUT2D eigenvalue weighted by atomic mass is 32.2. The van der Waals surface area contributed by atoms with Gasteiger partial charge in [-0.2, -0.15) is 0 Å². The van der Waals surface area contributed by atoms with Crippen LogP contribution in [0.2, 0.25) is 0 Å². The number of nitrogens with zero attached hydrogens (tertiary/aromatic N) is 2. The molecule has 7 heteroatoms. The molecule has 0 saturated carbocycles. The summed E-state index contributed by atoms with van der Waals surface area (Å²) in [4.78, 5) is 11.6. The van der Waals surface area contributed by atoms with E-state index in [1.54, 1.807) is 23.1 Å². The molecule has 5 nitrogen and oxygen atoms in total. The van der Waals surface area contributed by atoms with Crippen molar-refractivity contribution in [1.29, 1.82) is 0 Å². The SMILES string of the molecule is Cc1nnc(SCCNC(=O)[C@H]2CCCO2)s1. The molecular weight excluding hydrogens is 258 g/mol. The molecule has 0 aliphatic carbocycles. The van der Waals surface area contributed by atoms with E-state index in [0.717, 1.165) is 27.9 Å². The van der Waals surface area contributed by atoms with E-state index >= 15 is 0 Å². The summed E-state index contributed by atoms with van der Waals surface area (Å²) in [6.07, 6.45) is 1.59. The lowest BCUT2D eigenvalue weighted by molar-refractivity contribution is -0.129. The summed E-state index contributed by atoms with van der Waals surface area (Å²) in [6.45, 7) is 3.28. The molecule has 2 rings (SSSR count). The van der Waals surface area contributed by atoms with Crippen LogP contribution in [0.3, 0.4) is 0 Å². The first kappa shape index (κ1) is 12.8. The maximum atomic E-state index is 11.6. The minimum atomic E-state index is -0.233. The first-order valence-electron chi connectivity index (χ1n) is 5.58. The van der Waals surface area contributed by atoms with Crippen molar-refractivity contribution in [3.05, 3.63) is 5.01 Å². The topological polar surface area (TPSA) is 64.1 Å². The second-order valence-electron chi connectivity index (χ2n) is 3.73. The molecule has 0 aromatic carbocycles. The largest absolute Gasteiger partial charge is 0.368 e. The molecule has 1 amide bonds. The zero-order valence-electron chi connectivity index (χ0n) is 9.64. The fourth-order valence-corrected chi connectivity index (χ4v) is 3.29. The first-order valence-corrected chi connectivity index (χ1v) is 7.38. The van der Waals surface area contributed by atoms with Crippen LogP contribution in [0.25, 0.3) is 0 Å². The Morgan fingerprint density at radius 3 is 3.18 bits per heavy atom. The molecule has 94 valence electrons. The quantitative estimate of drug-likeness (QED) is 0.646. The number of aromatic nitrogens is 2. The molecule has 17 heavy (non-hydrogen) atoms. The van der Waals surface area contributed by atoms with Crippen molar-refractivity contribution in [2.45, 2.75) is 30.2 Å². The number of carbonyl (C=O) groups is 1. The van der Waals surface area contributed by atoms with Crippen LogP contribution in [0.5, 0.6) is 0 Å². The van der Waals surface area contributed by atoms with Gasteiger partial charge in [0.05, 0.1) is 0 Å². The lowest BCUT2D eigenvalue weighted by atomic mass is 10.2. The summed E-state index contributed by atoms with van der Waals surface area (Å²) in [5.74, 6) is 0.823. The normalized spacial score (nSPS) is 19.5. The van der Waals surface area contributed by atoms with Gasteiger partial charge in [0.25, 0.3) is 0 Å². The van der Waals surface area contributed by atoms with E-state index in [1.807, 2.05) is 6.92 Å². The highest BCUT2D eigenvalue weighted by Crippen LogP contribution is 2.21. The Kier molecular flexibility index (Phi) is 4.75. The van der Waals surface area contributed by atoms with Crippen LogP contribution in [0, 0.1) is 6.92 Å². The molecule has 0 unspecified atom stereocenters. The van der Waals surface area contributed by atoms with E-state index in [9.17, 15) is 4.79 Å². The molecule has 1 fully saturated rings. The zero-order chi connectivity index (χ0) is 12.1. The van der Waals surface area contributed by atoms with Crippen LogP contribution in [0.1, 0.15) is 17.8 Å². The fraction of sp³-hybridized carbons (Fsp3) is 0.700. The first-order chi connectivity index (χ1) is 8.25. The smallest absolute Gasteiger partial charge is 0.249 e. The maximum absolute atomic E-state index is 11.6. The van der Waals surface area contributed by atoms with Gasteiger partial charge in [0, 0.05) is 18.9 Å². The number of ether oxygens (including phenoxy) is 1. The van der Waals surface area contributed by atoms with E-state index in [0.29, 0.717) is 13.2 Å². The van der Waals surface area contributed by atoms with Gasteiger partial charge in [-0.3, -0.25) is 4.79 Å². The van der Waals surface area contributed by atoms with Gasteiger partial charge in [0.15, 0.2) is 4.34 Å². The van der Waals surface area contributed by atoms with Crippen LogP contribution in [0.15, 0.2) is 4.34 Å². The summed E-state index contributed by atoms with van der Waals surface area (Å²) >= 11 is 3.19. The van der Waals surface area contributed by atoms with E-state index in [4.69, 9.17) is 4.74 Å². The third-order valence-corrected chi connectivity index (χ3v) is 4.33. The average molecular weight is 273 g/mol. The fourth-order valence-electron chi connectivity index (χ4n) is 1.55. The number of aryl methyl sites for hydroxylation is 1. The number of thioether (sulfide) groups is 1. The highest BCUT2D eigenvalue weighted by molar-refractivity contribution is 8.01. The third-order valence-electron chi connectivity index (χ3n) is 2.36. The molecule has 0 spiro atoms.